The number of nitro benzene ring substituents is 2. The summed E-state index contributed by atoms with van der Waals surface area (Å²) >= 11 is 5.65. The van der Waals surface area contributed by atoms with Crippen LogP contribution in [0.2, 0.25) is 0 Å². The van der Waals surface area contributed by atoms with E-state index in [1.807, 2.05) is 0 Å². The minimum absolute atomic E-state index is 0.0629. The molecule has 11 heteroatoms. The standard InChI is InChI=1S/C12H13ClN4O6/c1-2-23-12(18)5-8(7-13)14-15-10-4-3-9(16(19)20)6-11(10)17(21)22/h3-4,6,15H,2,5,7H2,1H3. The monoisotopic (exact) mass is 344 g/mol. The molecule has 1 N–H and O–H groups in total. The van der Waals surface area contributed by atoms with Gasteiger partial charge < -0.3 is 4.74 Å². The van der Waals surface area contributed by atoms with Crippen molar-refractivity contribution in [1.29, 1.82) is 0 Å². The normalized spacial score (nSPS) is 11.0. The lowest BCUT2D eigenvalue weighted by Gasteiger charge is -2.05. The van der Waals surface area contributed by atoms with Crippen molar-refractivity contribution >= 4 is 40.3 Å². The zero-order chi connectivity index (χ0) is 17.4. The molecule has 0 atom stereocenters. The van der Waals surface area contributed by atoms with Crippen LogP contribution in [0, 0.1) is 20.2 Å². The Labute approximate surface area is 135 Å². The molecule has 0 unspecified atom stereocenters. The number of rotatable bonds is 8. The average molecular weight is 345 g/mol. The molecule has 1 aromatic rings. The molecule has 0 aromatic heterocycles. The van der Waals surface area contributed by atoms with E-state index >= 15 is 0 Å². The van der Waals surface area contributed by atoms with Crippen LogP contribution in [0.25, 0.3) is 0 Å². The number of hydrogen-bond acceptors (Lipinski definition) is 8. The van der Waals surface area contributed by atoms with Crippen molar-refractivity contribution < 1.29 is 19.4 Å². The van der Waals surface area contributed by atoms with Gasteiger partial charge >= 0.3 is 11.7 Å². The molecule has 23 heavy (non-hydrogen) atoms. The largest absolute Gasteiger partial charge is 0.466 e. The van der Waals surface area contributed by atoms with E-state index in [2.05, 4.69) is 10.5 Å². The molecule has 0 aliphatic carbocycles. The van der Waals surface area contributed by atoms with Gasteiger partial charge in [-0.15, -0.1) is 11.6 Å². The number of non-ortho nitro benzene ring substituents is 1. The Morgan fingerprint density at radius 1 is 1.35 bits per heavy atom. The average Bonchev–Trinajstić information content (AvgIpc) is 2.51. The Kier molecular flexibility index (Phi) is 6.87. The van der Waals surface area contributed by atoms with Gasteiger partial charge in [0.05, 0.1) is 40.5 Å². The first-order valence-corrected chi connectivity index (χ1v) is 6.88. The second-order valence-electron chi connectivity index (χ2n) is 4.12. The highest BCUT2D eigenvalue weighted by Crippen LogP contribution is 2.28. The fraction of sp³-hybridized carbons (Fsp3) is 0.333. The Morgan fingerprint density at radius 3 is 2.57 bits per heavy atom. The lowest BCUT2D eigenvalue weighted by Crippen LogP contribution is -2.14. The highest BCUT2D eigenvalue weighted by Gasteiger charge is 2.19. The van der Waals surface area contributed by atoms with Gasteiger partial charge in [0.2, 0.25) is 0 Å². The summed E-state index contributed by atoms with van der Waals surface area (Å²) in [7, 11) is 0. The van der Waals surface area contributed by atoms with Crippen LogP contribution >= 0.6 is 11.6 Å². The molecule has 124 valence electrons. The summed E-state index contributed by atoms with van der Waals surface area (Å²) in [6, 6.07) is 3.05. The van der Waals surface area contributed by atoms with Crippen LogP contribution in [0.1, 0.15) is 13.3 Å². The molecule has 0 aliphatic rings. The molecule has 0 amide bonds. The first kappa shape index (κ1) is 18.3. The predicted molar refractivity (Wildman–Crippen MR) is 82.8 cm³/mol. The van der Waals surface area contributed by atoms with Crippen molar-refractivity contribution in [3.05, 3.63) is 38.4 Å². The Hall–Kier alpha value is -2.75. The van der Waals surface area contributed by atoms with Crippen LogP contribution in [0.3, 0.4) is 0 Å². The zero-order valence-electron chi connectivity index (χ0n) is 12.0. The maximum Gasteiger partial charge on any atom is 0.311 e. The molecular weight excluding hydrogens is 332 g/mol. The number of alkyl halides is 1. The van der Waals surface area contributed by atoms with E-state index in [9.17, 15) is 25.0 Å². The lowest BCUT2D eigenvalue weighted by atomic mass is 10.2. The molecule has 0 aliphatic heterocycles. The third-order valence-electron chi connectivity index (χ3n) is 2.53. The number of benzene rings is 1. The summed E-state index contributed by atoms with van der Waals surface area (Å²) in [6.07, 6.45) is -0.175. The number of hydrogen-bond donors (Lipinski definition) is 1. The number of nitrogens with one attached hydrogen (secondary N) is 1. The van der Waals surface area contributed by atoms with Gasteiger partial charge in [-0.2, -0.15) is 5.10 Å². The molecule has 0 radical (unpaired) electrons. The number of nitro groups is 2. The second kappa shape index (κ2) is 8.63. The number of carbonyl (C=O) groups excluding carboxylic acids is 1. The van der Waals surface area contributed by atoms with Gasteiger partial charge in [0, 0.05) is 6.07 Å². The van der Waals surface area contributed by atoms with Crippen LogP contribution in [-0.2, 0) is 9.53 Å². The van der Waals surface area contributed by atoms with Gasteiger partial charge in [-0.05, 0) is 13.0 Å². The molecule has 10 nitrogen and oxygen atoms in total. The number of ether oxygens (including phenoxy) is 1. The Bertz CT molecular complexity index is 648. The molecule has 0 bridgehead atoms. The third-order valence-corrected chi connectivity index (χ3v) is 2.84. The highest BCUT2D eigenvalue weighted by molar-refractivity contribution is 6.30. The molecule has 1 rings (SSSR count). The fourth-order valence-corrected chi connectivity index (χ4v) is 1.67. The smallest absolute Gasteiger partial charge is 0.311 e. The van der Waals surface area contributed by atoms with Crippen LogP contribution in [-0.4, -0.2) is 34.0 Å². The Morgan fingerprint density at radius 2 is 2.04 bits per heavy atom. The third kappa shape index (κ3) is 5.51. The molecule has 0 spiro atoms. The topological polar surface area (TPSA) is 137 Å². The molecule has 0 heterocycles. The van der Waals surface area contributed by atoms with Crippen molar-refractivity contribution in [3.8, 4) is 0 Å². The molecular formula is C12H13ClN4O6. The predicted octanol–water partition coefficient (Wildman–Crippen LogP) is 2.46. The lowest BCUT2D eigenvalue weighted by molar-refractivity contribution is -0.393. The minimum atomic E-state index is -0.781. The minimum Gasteiger partial charge on any atom is -0.466 e. The van der Waals surface area contributed by atoms with E-state index in [0.29, 0.717) is 0 Å². The summed E-state index contributed by atoms with van der Waals surface area (Å²) in [4.78, 5) is 31.4. The van der Waals surface area contributed by atoms with Crippen molar-refractivity contribution in [2.24, 2.45) is 5.10 Å². The second-order valence-corrected chi connectivity index (χ2v) is 4.39. The number of halogens is 1. The summed E-state index contributed by atoms with van der Waals surface area (Å²) < 4.78 is 4.74. The first-order chi connectivity index (χ1) is 10.9. The van der Waals surface area contributed by atoms with Crippen molar-refractivity contribution in [2.45, 2.75) is 13.3 Å². The van der Waals surface area contributed by atoms with E-state index in [4.69, 9.17) is 16.3 Å². The maximum absolute atomic E-state index is 11.3. The number of anilines is 1. The van der Waals surface area contributed by atoms with Gasteiger partial charge in [0.15, 0.2) is 0 Å². The maximum atomic E-state index is 11.3. The van der Waals surface area contributed by atoms with Crippen molar-refractivity contribution in [1.82, 2.24) is 0 Å². The van der Waals surface area contributed by atoms with E-state index in [-0.39, 0.29) is 30.3 Å². The molecule has 1 aromatic carbocycles. The van der Waals surface area contributed by atoms with Crippen molar-refractivity contribution in [3.63, 3.8) is 0 Å². The van der Waals surface area contributed by atoms with Gasteiger partial charge in [0.25, 0.3) is 5.69 Å². The van der Waals surface area contributed by atoms with Crippen LogP contribution in [0.15, 0.2) is 23.3 Å². The summed E-state index contributed by atoms with van der Waals surface area (Å²) in [5, 5.41) is 25.4. The molecule has 0 fully saturated rings. The van der Waals surface area contributed by atoms with Crippen LogP contribution < -0.4 is 5.43 Å². The quantitative estimate of drug-likeness (QED) is 0.251. The van der Waals surface area contributed by atoms with Crippen LogP contribution in [0.4, 0.5) is 17.1 Å². The SMILES string of the molecule is CCOC(=O)CC(CCl)=NNc1ccc([N+](=O)[O-])cc1[N+](=O)[O-]. The number of nitrogens with zero attached hydrogens (tertiary/aromatic N) is 3. The summed E-state index contributed by atoms with van der Waals surface area (Å²) in [6.45, 7) is 1.85. The number of carbonyl (C=O) groups is 1. The highest BCUT2D eigenvalue weighted by atomic mass is 35.5. The van der Waals surface area contributed by atoms with Gasteiger partial charge in [0.1, 0.15) is 5.69 Å². The van der Waals surface area contributed by atoms with E-state index in [1.165, 1.54) is 0 Å². The van der Waals surface area contributed by atoms with E-state index < -0.39 is 27.2 Å². The van der Waals surface area contributed by atoms with Gasteiger partial charge in [-0.3, -0.25) is 30.4 Å². The summed E-state index contributed by atoms with van der Waals surface area (Å²) in [5.74, 6) is -0.626. The number of hydrazone groups is 1. The van der Waals surface area contributed by atoms with Crippen LogP contribution in [0.5, 0.6) is 0 Å². The zero-order valence-corrected chi connectivity index (χ0v) is 12.8. The van der Waals surface area contributed by atoms with Crippen molar-refractivity contribution in [2.75, 3.05) is 17.9 Å². The van der Waals surface area contributed by atoms with Gasteiger partial charge in [-0.1, -0.05) is 0 Å². The fourth-order valence-electron chi connectivity index (χ4n) is 1.51. The van der Waals surface area contributed by atoms with E-state index in [1.54, 1.807) is 6.92 Å². The van der Waals surface area contributed by atoms with Gasteiger partial charge in [-0.25, -0.2) is 0 Å². The summed E-state index contributed by atoms with van der Waals surface area (Å²) in [5.41, 5.74) is 1.59. The number of esters is 1. The molecule has 0 saturated heterocycles. The molecule has 0 saturated carbocycles. The first-order valence-electron chi connectivity index (χ1n) is 6.34. The Balaban J connectivity index is 2.98. The van der Waals surface area contributed by atoms with E-state index in [0.717, 1.165) is 18.2 Å².